The van der Waals surface area contributed by atoms with E-state index in [1.807, 2.05) is 12.1 Å². The number of likely N-dealkylation sites (tertiary alicyclic amines) is 1. The maximum Gasteiger partial charge on any atom is 0.218 e. The molecule has 162 valence electrons. The monoisotopic (exact) mass is 411 g/mol. The molecule has 0 aliphatic carbocycles. The molecule has 7 heteroatoms. The molecule has 7 nitrogen and oxygen atoms in total. The Hall–Kier alpha value is -2.64. The number of ether oxygens (including phenoxy) is 2. The first kappa shape index (κ1) is 22.1. The summed E-state index contributed by atoms with van der Waals surface area (Å²) < 4.78 is 10.8. The van der Waals surface area contributed by atoms with Crippen molar-refractivity contribution in [3.8, 4) is 5.88 Å². The van der Waals surface area contributed by atoms with Crippen LogP contribution >= 0.6 is 0 Å². The zero-order valence-corrected chi connectivity index (χ0v) is 18.0. The highest BCUT2D eigenvalue weighted by Gasteiger charge is 2.24. The minimum Gasteiger partial charge on any atom is -0.475 e. The summed E-state index contributed by atoms with van der Waals surface area (Å²) >= 11 is 0. The molecule has 3 rings (SSSR count). The van der Waals surface area contributed by atoms with Gasteiger partial charge in [0, 0.05) is 51.6 Å². The molecule has 1 unspecified atom stereocenters. The Morgan fingerprint density at radius 2 is 2.03 bits per heavy atom. The number of benzene rings is 1. The van der Waals surface area contributed by atoms with E-state index in [2.05, 4.69) is 55.8 Å². The predicted octanol–water partition coefficient (Wildman–Crippen LogP) is 2.44. The van der Waals surface area contributed by atoms with Gasteiger partial charge in [0.25, 0.3) is 0 Å². The topological polar surface area (TPSA) is 71.0 Å². The summed E-state index contributed by atoms with van der Waals surface area (Å²) in [5.41, 5.74) is 2.35. The highest BCUT2D eigenvalue weighted by molar-refractivity contribution is 5.79. The zero-order chi connectivity index (χ0) is 21.0. The molecule has 2 N–H and O–H groups in total. The van der Waals surface area contributed by atoms with Gasteiger partial charge in [0.2, 0.25) is 5.88 Å². The molecule has 1 saturated heterocycles. The molecular formula is C23H33N5O2. The van der Waals surface area contributed by atoms with Gasteiger partial charge in [-0.25, -0.2) is 4.98 Å². The summed E-state index contributed by atoms with van der Waals surface area (Å²) in [6.45, 7) is 4.62. The van der Waals surface area contributed by atoms with Gasteiger partial charge in [0.05, 0.1) is 6.61 Å². The van der Waals surface area contributed by atoms with Crippen molar-refractivity contribution in [3.63, 3.8) is 0 Å². The lowest BCUT2D eigenvalue weighted by Gasteiger charge is -2.25. The Balaban J connectivity index is 1.48. The summed E-state index contributed by atoms with van der Waals surface area (Å²) in [7, 11) is 3.45. The van der Waals surface area contributed by atoms with Gasteiger partial charge < -0.3 is 20.1 Å². The van der Waals surface area contributed by atoms with E-state index in [1.54, 1.807) is 20.4 Å². The lowest BCUT2D eigenvalue weighted by Crippen LogP contribution is -2.44. The molecule has 1 atom stereocenters. The summed E-state index contributed by atoms with van der Waals surface area (Å²) in [4.78, 5) is 11.3. The average Bonchev–Trinajstić information content (AvgIpc) is 3.22. The largest absolute Gasteiger partial charge is 0.475 e. The van der Waals surface area contributed by atoms with E-state index in [0.717, 1.165) is 31.2 Å². The summed E-state index contributed by atoms with van der Waals surface area (Å²) in [6.07, 6.45) is 4.18. The van der Waals surface area contributed by atoms with Gasteiger partial charge >= 0.3 is 0 Å². The van der Waals surface area contributed by atoms with Crippen molar-refractivity contribution in [1.29, 1.82) is 0 Å². The van der Waals surface area contributed by atoms with Crippen molar-refractivity contribution < 1.29 is 9.47 Å². The van der Waals surface area contributed by atoms with Crippen LogP contribution in [0.25, 0.3) is 0 Å². The Bertz CT molecular complexity index is 784. The number of aliphatic imine (C=N–C) groups is 1. The van der Waals surface area contributed by atoms with Crippen molar-refractivity contribution in [3.05, 3.63) is 59.8 Å². The van der Waals surface area contributed by atoms with Crippen LogP contribution in [-0.4, -0.2) is 62.3 Å². The van der Waals surface area contributed by atoms with Crippen molar-refractivity contribution in [2.45, 2.75) is 32.0 Å². The second-order valence-electron chi connectivity index (χ2n) is 7.37. The van der Waals surface area contributed by atoms with Gasteiger partial charge in [-0.2, -0.15) is 0 Å². The third-order valence-corrected chi connectivity index (χ3v) is 5.28. The SMILES string of the molecule is CN=C(NCc1cccnc1OCCOC)NCC1CCCN1Cc1ccccc1. The number of aromatic nitrogens is 1. The molecule has 30 heavy (non-hydrogen) atoms. The van der Waals surface area contributed by atoms with E-state index in [9.17, 15) is 0 Å². The third kappa shape index (κ3) is 6.71. The molecule has 0 bridgehead atoms. The van der Waals surface area contributed by atoms with Gasteiger partial charge in [-0.05, 0) is 31.0 Å². The average molecular weight is 412 g/mol. The lowest BCUT2D eigenvalue weighted by molar-refractivity contribution is 0.143. The Labute approximate surface area is 179 Å². The van der Waals surface area contributed by atoms with Crippen LogP contribution in [0.2, 0.25) is 0 Å². The summed E-state index contributed by atoms with van der Waals surface area (Å²) in [5.74, 6) is 1.41. The molecule has 1 aromatic heterocycles. The normalized spacial score (nSPS) is 17.1. The molecular weight excluding hydrogens is 378 g/mol. The van der Waals surface area contributed by atoms with E-state index >= 15 is 0 Å². The van der Waals surface area contributed by atoms with Crippen molar-refractivity contribution in [2.75, 3.05) is 40.5 Å². The quantitative estimate of drug-likeness (QED) is 0.356. The molecule has 1 fully saturated rings. The molecule has 2 aromatic rings. The number of pyridine rings is 1. The van der Waals surface area contributed by atoms with Crippen LogP contribution in [0.3, 0.4) is 0 Å². The number of rotatable bonds is 10. The summed E-state index contributed by atoms with van der Waals surface area (Å²) in [6, 6.07) is 15.1. The minimum atomic E-state index is 0.479. The maximum atomic E-state index is 5.71. The minimum absolute atomic E-state index is 0.479. The molecule has 0 radical (unpaired) electrons. The zero-order valence-electron chi connectivity index (χ0n) is 18.0. The van der Waals surface area contributed by atoms with Crippen LogP contribution in [0.4, 0.5) is 0 Å². The lowest BCUT2D eigenvalue weighted by atomic mass is 10.2. The fourth-order valence-corrected chi connectivity index (χ4v) is 3.68. The first-order valence-electron chi connectivity index (χ1n) is 10.6. The number of hydrogen-bond donors (Lipinski definition) is 2. The number of hydrogen-bond acceptors (Lipinski definition) is 5. The molecule has 1 aliphatic rings. The van der Waals surface area contributed by atoms with E-state index in [0.29, 0.717) is 31.7 Å². The third-order valence-electron chi connectivity index (χ3n) is 5.28. The molecule has 2 heterocycles. The molecule has 0 saturated carbocycles. The fraction of sp³-hybridized carbons (Fsp3) is 0.478. The molecule has 1 aliphatic heterocycles. The first-order valence-corrected chi connectivity index (χ1v) is 10.6. The number of guanidine groups is 1. The molecule has 0 spiro atoms. The van der Waals surface area contributed by atoms with Crippen LogP contribution in [0.1, 0.15) is 24.0 Å². The standard InChI is InChI=1S/C23H33N5O2/c1-24-23(26-16-20-10-6-12-25-22(20)30-15-14-29-2)27-17-21-11-7-13-28(21)18-19-8-4-3-5-9-19/h3-6,8-10,12,21H,7,11,13-18H2,1-2H3,(H2,24,26,27). The molecule has 0 amide bonds. The van der Waals surface area contributed by atoms with E-state index < -0.39 is 0 Å². The van der Waals surface area contributed by atoms with Gasteiger partial charge in [0.15, 0.2) is 5.96 Å². The highest BCUT2D eigenvalue weighted by atomic mass is 16.5. The van der Waals surface area contributed by atoms with Gasteiger partial charge in [0.1, 0.15) is 6.61 Å². The Morgan fingerprint density at radius 1 is 1.17 bits per heavy atom. The van der Waals surface area contributed by atoms with Crippen molar-refractivity contribution >= 4 is 5.96 Å². The van der Waals surface area contributed by atoms with Gasteiger partial charge in [-0.3, -0.25) is 9.89 Å². The predicted molar refractivity (Wildman–Crippen MR) is 120 cm³/mol. The number of methoxy groups -OCH3 is 1. The Kier molecular flexibility index (Phi) is 8.93. The second-order valence-corrected chi connectivity index (χ2v) is 7.37. The van der Waals surface area contributed by atoms with Crippen LogP contribution in [0.15, 0.2) is 53.7 Å². The summed E-state index contributed by atoms with van der Waals surface area (Å²) in [5, 5.41) is 6.86. The van der Waals surface area contributed by atoms with Gasteiger partial charge in [-0.15, -0.1) is 0 Å². The van der Waals surface area contributed by atoms with Crippen LogP contribution in [-0.2, 0) is 17.8 Å². The van der Waals surface area contributed by atoms with Gasteiger partial charge in [-0.1, -0.05) is 36.4 Å². The number of nitrogens with one attached hydrogen (secondary N) is 2. The van der Waals surface area contributed by atoms with Crippen molar-refractivity contribution in [2.24, 2.45) is 4.99 Å². The molecule has 1 aromatic carbocycles. The maximum absolute atomic E-state index is 5.71. The Morgan fingerprint density at radius 3 is 2.83 bits per heavy atom. The smallest absolute Gasteiger partial charge is 0.218 e. The van der Waals surface area contributed by atoms with Crippen LogP contribution < -0.4 is 15.4 Å². The van der Waals surface area contributed by atoms with E-state index in [-0.39, 0.29) is 0 Å². The highest BCUT2D eigenvalue weighted by Crippen LogP contribution is 2.19. The van der Waals surface area contributed by atoms with Crippen molar-refractivity contribution in [1.82, 2.24) is 20.5 Å². The van der Waals surface area contributed by atoms with E-state index in [1.165, 1.54) is 18.4 Å². The first-order chi connectivity index (χ1) is 14.8. The van der Waals surface area contributed by atoms with Crippen LogP contribution in [0, 0.1) is 0 Å². The van der Waals surface area contributed by atoms with E-state index in [4.69, 9.17) is 9.47 Å². The second kappa shape index (κ2) is 12.1. The van der Waals surface area contributed by atoms with Crippen LogP contribution in [0.5, 0.6) is 5.88 Å². The number of nitrogens with zero attached hydrogens (tertiary/aromatic N) is 3. The fourth-order valence-electron chi connectivity index (χ4n) is 3.68.